The standard InChI is InChI=1S/C15H10FNO3/c1-20-13-7-6-9(8-12(13)16)17-14(18)10-4-2-3-5-11(10)15(17)19/h2-8H,1H3. The van der Waals surface area contributed by atoms with Gasteiger partial charge < -0.3 is 4.74 Å². The van der Waals surface area contributed by atoms with Gasteiger partial charge in [-0.15, -0.1) is 0 Å². The van der Waals surface area contributed by atoms with E-state index in [0.29, 0.717) is 11.1 Å². The van der Waals surface area contributed by atoms with Gasteiger partial charge in [-0.25, -0.2) is 9.29 Å². The molecule has 0 aromatic heterocycles. The van der Waals surface area contributed by atoms with Crippen molar-refractivity contribution in [2.75, 3.05) is 12.0 Å². The number of fused-ring (bicyclic) bond motifs is 1. The summed E-state index contributed by atoms with van der Waals surface area (Å²) in [5, 5.41) is 0. The number of carbonyl (C=O) groups is 2. The van der Waals surface area contributed by atoms with Crippen LogP contribution in [0.3, 0.4) is 0 Å². The topological polar surface area (TPSA) is 46.6 Å². The molecule has 0 bridgehead atoms. The van der Waals surface area contributed by atoms with Crippen LogP contribution in [-0.2, 0) is 0 Å². The van der Waals surface area contributed by atoms with Crippen molar-refractivity contribution in [3.8, 4) is 5.75 Å². The summed E-state index contributed by atoms with van der Waals surface area (Å²) in [6.45, 7) is 0. The third-order valence-electron chi connectivity index (χ3n) is 3.19. The second-order valence-corrected chi connectivity index (χ2v) is 4.31. The third-order valence-corrected chi connectivity index (χ3v) is 3.19. The number of benzene rings is 2. The van der Waals surface area contributed by atoms with Crippen molar-refractivity contribution in [2.24, 2.45) is 0 Å². The van der Waals surface area contributed by atoms with E-state index < -0.39 is 17.6 Å². The maximum Gasteiger partial charge on any atom is 0.266 e. The normalized spacial score (nSPS) is 13.6. The van der Waals surface area contributed by atoms with Crippen molar-refractivity contribution in [3.05, 3.63) is 59.4 Å². The first kappa shape index (κ1) is 12.3. The van der Waals surface area contributed by atoms with E-state index >= 15 is 0 Å². The molecule has 0 N–H and O–H groups in total. The number of hydrogen-bond acceptors (Lipinski definition) is 3. The average Bonchev–Trinajstić information content (AvgIpc) is 2.71. The van der Waals surface area contributed by atoms with Gasteiger partial charge in [0.1, 0.15) is 0 Å². The number of ether oxygens (including phenoxy) is 1. The zero-order valence-electron chi connectivity index (χ0n) is 10.6. The molecule has 100 valence electrons. The quantitative estimate of drug-likeness (QED) is 0.789. The van der Waals surface area contributed by atoms with Gasteiger partial charge in [0.2, 0.25) is 0 Å². The number of rotatable bonds is 2. The van der Waals surface area contributed by atoms with Crippen molar-refractivity contribution in [3.63, 3.8) is 0 Å². The second kappa shape index (κ2) is 4.45. The Kier molecular flexibility index (Phi) is 2.75. The second-order valence-electron chi connectivity index (χ2n) is 4.31. The number of amides is 2. The molecule has 1 aliphatic heterocycles. The van der Waals surface area contributed by atoms with Crippen LogP contribution in [0.5, 0.6) is 5.75 Å². The summed E-state index contributed by atoms with van der Waals surface area (Å²) in [6, 6.07) is 10.5. The smallest absolute Gasteiger partial charge is 0.266 e. The van der Waals surface area contributed by atoms with Crippen LogP contribution in [-0.4, -0.2) is 18.9 Å². The number of anilines is 1. The number of halogens is 1. The molecule has 2 aromatic rings. The summed E-state index contributed by atoms with van der Waals surface area (Å²) in [4.78, 5) is 25.4. The number of methoxy groups -OCH3 is 1. The Bertz CT molecular complexity index is 692. The lowest BCUT2D eigenvalue weighted by Gasteiger charge is -2.14. The fraction of sp³-hybridized carbons (Fsp3) is 0.0667. The van der Waals surface area contributed by atoms with Crippen molar-refractivity contribution < 1.29 is 18.7 Å². The number of carbonyl (C=O) groups excluding carboxylic acids is 2. The van der Waals surface area contributed by atoms with Crippen LogP contribution in [0.2, 0.25) is 0 Å². The molecule has 0 unspecified atom stereocenters. The Morgan fingerprint density at radius 2 is 1.60 bits per heavy atom. The van der Waals surface area contributed by atoms with Gasteiger partial charge >= 0.3 is 0 Å². The highest BCUT2D eigenvalue weighted by Crippen LogP contribution is 2.30. The van der Waals surface area contributed by atoms with E-state index in [1.54, 1.807) is 24.3 Å². The van der Waals surface area contributed by atoms with Gasteiger partial charge in [0.25, 0.3) is 11.8 Å². The first-order valence-electron chi connectivity index (χ1n) is 5.95. The maximum absolute atomic E-state index is 13.7. The molecule has 5 heteroatoms. The summed E-state index contributed by atoms with van der Waals surface area (Å²) >= 11 is 0. The van der Waals surface area contributed by atoms with Crippen molar-refractivity contribution in [1.29, 1.82) is 0 Å². The van der Waals surface area contributed by atoms with E-state index in [0.717, 1.165) is 11.0 Å². The summed E-state index contributed by atoms with van der Waals surface area (Å²) in [7, 11) is 1.35. The highest BCUT2D eigenvalue weighted by molar-refractivity contribution is 6.34. The van der Waals surface area contributed by atoms with Crippen LogP contribution in [0.4, 0.5) is 10.1 Å². The van der Waals surface area contributed by atoms with Gasteiger partial charge in [-0.2, -0.15) is 0 Å². The molecular weight excluding hydrogens is 261 g/mol. The van der Waals surface area contributed by atoms with Crippen molar-refractivity contribution >= 4 is 17.5 Å². The molecule has 0 saturated heterocycles. The zero-order valence-corrected chi connectivity index (χ0v) is 10.6. The highest BCUT2D eigenvalue weighted by atomic mass is 19.1. The monoisotopic (exact) mass is 271 g/mol. The van der Waals surface area contributed by atoms with E-state index in [4.69, 9.17) is 4.74 Å². The maximum atomic E-state index is 13.7. The number of imide groups is 1. The van der Waals surface area contributed by atoms with Crippen LogP contribution >= 0.6 is 0 Å². The predicted molar refractivity (Wildman–Crippen MR) is 70.5 cm³/mol. The van der Waals surface area contributed by atoms with Crippen LogP contribution in [0.25, 0.3) is 0 Å². The minimum absolute atomic E-state index is 0.0605. The molecule has 0 aliphatic carbocycles. The molecule has 3 rings (SSSR count). The summed E-state index contributed by atoms with van der Waals surface area (Å²) in [5.74, 6) is -1.46. The molecule has 0 fully saturated rings. The molecule has 1 heterocycles. The molecule has 2 amide bonds. The average molecular weight is 271 g/mol. The Balaban J connectivity index is 2.07. The Morgan fingerprint density at radius 1 is 1.00 bits per heavy atom. The van der Waals surface area contributed by atoms with Gasteiger partial charge in [-0.1, -0.05) is 12.1 Å². The van der Waals surface area contributed by atoms with E-state index in [1.807, 2.05) is 0 Å². The zero-order chi connectivity index (χ0) is 14.3. The lowest BCUT2D eigenvalue weighted by molar-refractivity contribution is 0.0926. The van der Waals surface area contributed by atoms with Gasteiger partial charge in [0.15, 0.2) is 11.6 Å². The van der Waals surface area contributed by atoms with E-state index in [-0.39, 0.29) is 11.4 Å². The molecule has 1 aliphatic rings. The van der Waals surface area contributed by atoms with Crippen LogP contribution in [0.15, 0.2) is 42.5 Å². The number of hydrogen-bond donors (Lipinski definition) is 0. The molecular formula is C15H10FNO3. The lowest BCUT2D eigenvalue weighted by Crippen LogP contribution is -2.29. The van der Waals surface area contributed by atoms with Gasteiger partial charge in [-0.3, -0.25) is 9.59 Å². The summed E-state index contributed by atoms with van der Waals surface area (Å²) < 4.78 is 18.5. The fourth-order valence-corrected chi connectivity index (χ4v) is 2.22. The first-order valence-corrected chi connectivity index (χ1v) is 5.95. The van der Waals surface area contributed by atoms with Crippen LogP contribution in [0.1, 0.15) is 20.7 Å². The molecule has 4 nitrogen and oxygen atoms in total. The molecule has 2 aromatic carbocycles. The largest absolute Gasteiger partial charge is 0.494 e. The number of nitrogens with zero attached hydrogens (tertiary/aromatic N) is 1. The van der Waals surface area contributed by atoms with Crippen molar-refractivity contribution in [2.45, 2.75) is 0 Å². The van der Waals surface area contributed by atoms with E-state index in [1.165, 1.54) is 19.2 Å². The predicted octanol–water partition coefficient (Wildman–Crippen LogP) is 2.63. The molecule has 0 radical (unpaired) electrons. The van der Waals surface area contributed by atoms with Gasteiger partial charge in [0, 0.05) is 6.07 Å². The lowest BCUT2D eigenvalue weighted by atomic mass is 10.1. The van der Waals surface area contributed by atoms with Crippen LogP contribution in [0, 0.1) is 5.82 Å². The Labute approximate surface area is 114 Å². The molecule has 20 heavy (non-hydrogen) atoms. The van der Waals surface area contributed by atoms with Crippen LogP contribution < -0.4 is 9.64 Å². The molecule has 0 spiro atoms. The van der Waals surface area contributed by atoms with Gasteiger partial charge in [0.05, 0.1) is 23.9 Å². The Morgan fingerprint density at radius 3 is 2.10 bits per heavy atom. The van der Waals surface area contributed by atoms with E-state index in [2.05, 4.69) is 0 Å². The molecule has 0 atom stereocenters. The minimum atomic E-state index is -0.624. The highest BCUT2D eigenvalue weighted by Gasteiger charge is 2.36. The fourth-order valence-electron chi connectivity index (χ4n) is 2.22. The van der Waals surface area contributed by atoms with Crippen molar-refractivity contribution in [1.82, 2.24) is 0 Å². The minimum Gasteiger partial charge on any atom is -0.494 e. The Hall–Kier alpha value is -2.69. The third kappa shape index (κ3) is 1.67. The molecule has 0 saturated carbocycles. The van der Waals surface area contributed by atoms with E-state index in [9.17, 15) is 14.0 Å². The first-order chi connectivity index (χ1) is 9.63. The SMILES string of the molecule is COc1ccc(N2C(=O)c3ccccc3C2=O)cc1F. The summed E-state index contributed by atoms with van der Waals surface area (Å²) in [6.07, 6.45) is 0. The van der Waals surface area contributed by atoms with Gasteiger partial charge in [-0.05, 0) is 24.3 Å². The summed E-state index contributed by atoms with van der Waals surface area (Å²) in [5.41, 5.74) is 0.844.